The molecule has 1 aromatic rings. The van der Waals surface area contributed by atoms with Gasteiger partial charge in [0.15, 0.2) is 5.78 Å². The predicted octanol–water partition coefficient (Wildman–Crippen LogP) is 1.43. The first-order valence-electron chi connectivity index (χ1n) is 3.68. The Balaban J connectivity index is 3.00. The summed E-state index contributed by atoms with van der Waals surface area (Å²) in [6.45, 7) is 1.97. The van der Waals surface area contributed by atoms with Crippen molar-refractivity contribution in [1.82, 2.24) is 4.98 Å². The maximum absolute atomic E-state index is 11.1. The van der Waals surface area contributed by atoms with Crippen molar-refractivity contribution in [3.05, 3.63) is 29.6 Å². The van der Waals surface area contributed by atoms with Gasteiger partial charge in [0.2, 0.25) is 0 Å². The van der Waals surface area contributed by atoms with Crippen molar-refractivity contribution in [3.8, 4) is 0 Å². The van der Waals surface area contributed by atoms with Gasteiger partial charge >= 0.3 is 0 Å². The number of ether oxygens (including phenoxy) is 1. The minimum atomic E-state index is 0.0458. The van der Waals surface area contributed by atoms with Crippen molar-refractivity contribution in [3.63, 3.8) is 0 Å². The number of hydrogen-bond acceptors (Lipinski definition) is 3. The monoisotopic (exact) mass is 165 g/mol. The highest BCUT2D eigenvalue weighted by atomic mass is 16.5. The second-order valence-corrected chi connectivity index (χ2v) is 2.52. The van der Waals surface area contributed by atoms with Crippen LogP contribution in [-0.2, 0) is 11.3 Å². The molecule has 0 aliphatic carbocycles. The van der Waals surface area contributed by atoms with Gasteiger partial charge in [-0.2, -0.15) is 0 Å². The highest BCUT2D eigenvalue weighted by Gasteiger charge is 2.05. The number of Topliss-reactive ketones (excluding diaryl/α,β-unsaturated/α-hetero) is 1. The average molecular weight is 165 g/mol. The smallest absolute Gasteiger partial charge is 0.160 e. The zero-order valence-electron chi connectivity index (χ0n) is 7.20. The molecule has 0 aliphatic heterocycles. The Morgan fingerprint density at radius 1 is 1.67 bits per heavy atom. The van der Waals surface area contributed by atoms with E-state index in [1.165, 1.54) is 6.92 Å². The van der Waals surface area contributed by atoms with E-state index in [0.717, 1.165) is 5.56 Å². The SMILES string of the molecule is COCc1cnccc1C(C)=O. The summed E-state index contributed by atoms with van der Waals surface area (Å²) < 4.78 is 4.93. The molecule has 0 spiro atoms. The van der Waals surface area contributed by atoms with Crippen molar-refractivity contribution < 1.29 is 9.53 Å². The predicted molar refractivity (Wildman–Crippen MR) is 45.0 cm³/mol. The van der Waals surface area contributed by atoms with Crippen LogP contribution in [0.2, 0.25) is 0 Å². The van der Waals surface area contributed by atoms with Crippen LogP contribution in [0.3, 0.4) is 0 Å². The molecule has 3 heteroatoms. The first kappa shape index (κ1) is 8.87. The van der Waals surface area contributed by atoms with Gasteiger partial charge in [-0.05, 0) is 13.0 Å². The third-order valence-electron chi connectivity index (χ3n) is 1.58. The van der Waals surface area contributed by atoms with E-state index in [0.29, 0.717) is 12.2 Å². The second-order valence-electron chi connectivity index (χ2n) is 2.52. The molecule has 64 valence electrons. The van der Waals surface area contributed by atoms with Crippen molar-refractivity contribution in [2.45, 2.75) is 13.5 Å². The zero-order chi connectivity index (χ0) is 8.97. The molecule has 12 heavy (non-hydrogen) atoms. The summed E-state index contributed by atoms with van der Waals surface area (Å²) in [6, 6.07) is 1.71. The van der Waals surface area contributed by atoms with Crippen LogP contribution in [0.5, 0.6) is 0 Å². The van der Waals surface area contributed by atoms with Crippen LogP contribution >= 0.6 is 0 Å². The molecule has 0 bridgehead atoms. The van der Waals surface area contributed by atoms with Crippen LogP contribution in [0, 0.1) is 0 Å². The van der Waals surface area contributed by atoms with Crippen molar-refractivity contribution in [2.75, 3.05) is 7.11 Å². The summed E-state index contributed by atoms with van der Waals surface area (Å²) in [4.78, 5) is 15.0. The summed E-state index contributed by atoms with van der Waals surface area (Å²) in [6.07, 6.45) is 3.26. The van der Waals surface area contributed by atoms with Gasteiger partial charge < -0.3 is 4.74 Å². The van der Waals surface area contributed by atoms with Crippen LogP contribution in [0.4, 0.5) is 0 Å². The summed E-state index contributed by atoms with van der Waals surface area (Å²) in [7, 11) is 1.59. The number of carbonyl (C=O) groups is 1. The van der Waals surface area contributed by atoms with Crippen LogP contribution in [0.25, 0.3) is 0 Å². The van der Waals surface area contributed by atoms with Crippen molar-refractivity contribution in [2.24, 2.45) is 0 Å². The normalized spacial score (nSPS) is 9.83. The number of nitrogens with zero attached hydrogens (tertiary/aromatic N) is 1. The standard InChI is InChI=1S/C9H11NO2/c1-7(11)9-3-4-10-5-8(9)6-12-2/h3-5H,6H2,1-2H3. The fraction of sp³-hybridized carbons (Fsp3) is 0.333. The fourth-order valence-corrected chi connectivity index (χ4v) is 1.04. The number of methoxy groups -OCH3 is 1. The lowest BCUT2D eigenvalue weighted by molar-refractivity contribution is 0.101. The van der Waals surface area contributed by atoms with Gasteiger partial charge in [0.05, 0.1) is 6.61 Å². The number of carbonyl (C=O) groups excluding carboxylic acids is 1. The average Bonchev–Trinajstić information content (AvgIpc) is 2.05. The van der Waals surface area contributed by atoms with Crippen molar-refractivity contribution in [1.29, 1.82) is 0 Å². The Bertz CT molecular complexity index is 284. The van der Waals surface area contributed by atoms with E-state index >= 15 is 0 Å². The molecule has 0 saturated carbocycles. The maximum Gasteiger partial charge on any atom is 0.160 e. The highest BCUT2D eigenvalue weighted by Crippen LogP contribution is 2.08. The molecule has 0 fully saturated rings. The highest BCUT2D eigenvalue weighted by molar-refractivity contribution is 5.95. The molecule has 0 atom stereocenters. The number of pyridine rings is 1. The number of aromatic nitrogens is 1. The van der Waals surface area contributed by atoms with E-state index in [1.54, 1.807) is 25.6 Å². The number of hydrogen-bond donors (Lipinski definition) is 0. The molecule has 3 nitrogen and oxygen atoms in total. The second kappa shape index (κ2) is 3.97. The minimum Gasteiger partial charge on any atom is -0.380 e. The van der Waals surface area contributed by atoms with E-state index in [4.69, 9.17) is 4.74 Å². The molecule has 0 radical (unpaired) electrons. The quantitative estimate of drug-likeness (QED) is 0.636. The maximum atomic E-state index is 11.1. The van der Waals surface area contributed by atoms with E-state index in [1.807, 2.05) is 0 Å². The van der Waals surface area contributed by atoms with Gasteiger partial charge in [-0.1, -0.05) is 0 Å². The van der Waals surface area contributed by atoms with E-state index in [-0.39, 0.29) is 5.78 Å². The Kier molecular flexibility index (Phi) is 2.94. The van der Waals surface area contributed by atoms with E-state index < -0.39 is 0 Å². The third-order valence-corrected chi connectivity index (χ3v) is 1.58. The molecule has 0 aliphatic rings. The Labute approximate surface area is 71.4 Å². The van der Waals surface area contributed by atoms with Crippen LogP contribution in [0.1, 0.15) is 22.8 Å². The van der Waals surface area contributed by atoms with Crippen LogP contribution in [0.15, 0.2) is 18.5 Å². The van der Waals surface area contributed by atoms with Gasteiger partial charge in [0.25, 0.3) is 0 Å². The molecule has 0 saturated heterocycles. The molecule has 0 N–H and O–H groups in total. The number of rotatable bonds is 3. The largest absolute Gasteiger partial charge is 0.380 e. The molecular formula is C9H11NO2. The van der Waals surface area contributed by atoms with Crippen molar-refractivity contribution >= 4 is 5.78 Å². The van der Waals surface area contributed by atoms with Gasteiger partial charge in [-0.3, -0.25) is 9.78 Å². The first-order chi connectivity index (χ1) is 5.75. The molecule has 1 aromatic heterocycles. The fourth-order valence-electron chi connectivity index (χ4n) is 1.04. The lowest BCUT2D eigenvalue weighted by Gasteiger charge is -2.03. The van der Waals surface area contributed by atoms with Gasteiger partial charge in [-0.25, -0.2) is 0 Å². The van der Waals surface area contributed by atoms with E-state index in [2.05, 4.69) is 4.98 Å². The Morgan fingerprint density at radius 2 is 2.42 bits per heavy atom. The molecular weight excluding hydrogens is 154 g/mol. The lowest BCUT2D eigenvalue weighted by Crippen LogP contribution is -2.01. The summed E-state index contributed by atoms with van der Waals surface area (Å²) in [5.41, 5.74) is 1.53. The molecule has 0 amide bonds. The van der Waals surface area contributed by atoms with Gasteiger partial charge in [-0.15, -0.1) is 0 Å². The topological polar surface area (TPSA) is 39.2 Å². The zero-order valence-corrected chi connectivity index (χ0v) is 7.20. The number of ketones is 1. The molecule has 0 aromatic carbocycles. The van der Waals surface area contributed by atoms with Gasteiger partial charge in [0.1, 0.15) is 0 Å². The van der Waals surface area contributed by atoms with Crippen LogP contribution in [-0.4, -0.2) is 17.9 Å². The van der Waals surface area contributed by atoms with Crippen LogP contribution < -0.4 is 0 Å². The summed E-state index contributed by atoms with van der Waals surface area (Å²) in [5, 5.41) is 0. The summed E-state index contributed by atoms with van der Waals surface area (Å²) >= 11 is 0. The molecule has 0 unspecified atom stereocenters. The minimum absolute atomic E-state index is 0.0458. The van der Waals surface area contributed by atoms with E-state index in [9.17, 15) is 4.79 Å². The summed E-state index contributed by atoms with van der Waals surface area (Å²) in [5.74, 6) is 0.0458. The Hall–Kier alpha value is -1.22. The molecule has 1 rings (SSSR count). The van der Waals surface area contributed by atoms with Gasteiger partial charge in [0, 0.05) is 30.6 Å². The lowest BCUT2D eigenvalue weighted by atomic mass is 10.1. The molecule has 1 heterocycles. The Morgan fingerprint density at radius 3 is 3.00 bits per heavy atom. The third kappa shape index (κ3) is 1.89. The first-order valence-corrected chi connectivity index (χ1v) is 3.68.